The summed E-state index contributed by atoms with van der Waals surface area (Å²) in [6, 6.07) is 19.0. The quantitative estimate of drug-likeness (QED) is 0.410. The van der Waals surface area contributed by atoms with Gasteiger partial charge in [-0.2, -0.15) is 0 Å². The molecule has 0 aliphatic carbocycles. The van der Waals surface area contributed by atoms with Gasteiger partial charge in [0.1, 0.15) is 16.4 Å². The number of esters is 1. The van der Waals surface area contributed by atoms with Crippen molar-refractivity contribution < 1.29 is 18.7 Å². The average Bonchev–Trinajstić information content (AvgIpc) is 3.08. The van der Waals surface area contributed by atoms with Crippen LogP contribution in [0.1, 0.15) is 25.6 Å². The Morgan fingerprint density at radius 1 is 0.967 bits per heavy atom. The molecule has 1 N–H and O–H groups in total. The van der Waals surface area contributed by atoms with Crippen LogP contribution in [-0.2, 0) is 4.74 Å². The second-order valence-electron chi connectivity index (χ2n) is 6.72. The van der Waals surface area contributed by atoms with Crippen LogP contribution in [0.25, 0.3) is 21.9 Å². The largest absolute Gasteiger partial charge is 0.465 e. The number of carbonyl (C=O) groups is 2. The first-order chi connectivity index (χ1) is 14.5. The lowest BCUT2D eigenvalue weighted by molar-refractivity contribution is 0.0603. The molecule has 1 heterocycles. The van der Waals surface area contributed by atoms with Gasteiger partial charge in [-0.15, -0.1) is 11.3 Å². The Hall–Kier alpha value is -3.51. The van der Waals surface area contributed by atoms with Crippen molar-refractivity contribution >= 4 is 39.0 Å². The molecule has 4 nitrogen and oxygen atoms in total. The van der Waals surface area contributed by atoms with Gasteiger partial charge in [-0.1, -0.05) is 48.5 Å². The number of carbonyl (C=O) groups excluding carboxylic acids is 2. The fourth-order valence-electron chi connectivity index (χ4n) is 3.49. The van der Waals surface area contributed by atoms with Crippen molar-refractivity contribution in [2.75, 3.05) is 12.4 Å². The summed E-state index contributed by atoms with van der Waals surface area (Å²) in [6.07, 6.45) is 0. The van der Waals surface area contributed by atoms with E-state index in [1.807, 2.05) is 43.3 Å². The third-order valence-electron chi connectivity index (χ3n) is 4.87. The molecule has 0 atom stereocenters. The normalized spacial score (nSPS) is 10.8. The molecule has 1 aromatic heterocycles. The smallest absolute Gasteiger partial charge is 0.341 e. The van der Waals surface area contributed by atoms with E-state index < -0.39 is 5.97 Å². The van der Waals surface area contributed by atoms with Crippen molar-refractivity contribution in [2.45, 2.75) is 6.92 Å². The third-order valence-corrected chi connectivity index (χ3v) is 5.89. The van der Waals surface area contributed by atoms with Gasteiger partial charge in [-0.25, -0.2) is 9.18 Å². The minimum absolute atomic E-state index is 0.264. The molecule has 150 valence electrons. The predicted molar refractivity (Wildman–Crippen MR) is 118 cm³/mol. The highest BCUT2D eigenvalue weighted by Gasteiger charge is 2.25. The molecule has 30 heavy (non-hydrogen) atoms. The van der Waals surface area contributed by atoms with Gasteiger partial charge in [0.15, 0.2) is 0 Å². The monoisotopic (exact) mass is 419 g/mol. The molecule has 0 aliphatic rings. The Balaban J connectivity index is 1.79. The van der Waals surface area contributed by atoms with E-state index in [9.17, 15) is 14.0 Å². The van der Waals surface area contributed by atoms with E-state index in [4.69, 9.17) is 4.74 Å². The molecule has 0 radical (unpaired) electrons. The zero-order valence-electron chi connectivity index (χ0n) is 16.4. The number of methoxy groups -OCH3 is 1. The Kier molecular flexibility index (Phi) is 5.33. The lowest BCUT2D eigenvalue weighted by atomic mass is 10.0. The van der Waals surface area contributed by atoms with Crippen LogP contribution < -0.4 is 5.32 Å². The second kappa shape index (κ2) is 8.08. The number of aryl methyl sites for hydroxylation is 1. The van der Waals surface area contributed by atoms with Crippen LogP contribution in [0.15, 0.2) is 66.7 Å². The molecule has 0 saturated carbocycles. The molecule has 0 spiro atoms. The van der Waals surface area contributed by atoms with Crippen LogP contribution in [0.2, 0.25) is 0 Å². The Labute approximate surface area is 176 Å². The summed E-state index contributed by atoms with van der Waals surface area (Å²) in [5.41, 5.74) is 2.08. The summed E-state index contributed by atoms with van der Waals surface area (Å²) in [4.78, 5) is 26.5. The molecular formula is C24H18FNO3S. The van der Waals surface area contributed by atoms with Gasteiger partial charge in [-0.3, -0.25) is 4.79 Å². The number of halogens is 1. The number of thiophene rings is 1. The molecule has 4 rings (SSSR count). The molecule has 0 saturated heterocycles. The number of anilines is 1. The summed E-state index contributed by atoms with van der Waals surface area (Å²) >= 11 is 1.29. The number of nitrogens with one attached hydrogen (secondary N) is 1. The van der Waals surface area contributed by atoms with E-state index in [2.05, 4.69) is 5.32 Å². The van der Waals surface area contributed by atoms with Crippen molar-refractivity contribution in [3.8, 4) is 11.1 Å². The summed E-state index contributed by atoms with van der Waals surface area (Å²) in [5.74, 6) is -1.24. The van der Waals surface area contributed by atoms with Gasteiger partial charge >= 0.3 is 5.97 Å². The van der Waals surface area contributed by atoms with Crippen molar-refractivity contribution in [1.82, 2.24) is 0 Å². The molecule has 4 aromatic rings. The predicted octanol–water partition coefficient (Wildman–Crippen LogP) is 6.05. The van der Waals surface area contributed by atoms with E-state index >= 15 is 0 Å². The molecule has 0 unspecified atom stereocenters. The van der Waals surface area contributed by atoms with Gasteiger partial charge in [0.25, 0.3) is 5.91 Å². The minimum atomic E-state index is -0.563. The van der Waals surface area contributed by atoms with Crippen molar-refractivity contribution in [2.24, 2.45) is 0 Å². The average molecular weight is 419 g/mol. The Morgan fingerprint density at radius 3 is 2.40 bits per heavy atom. The van der Waals surface area contributed by atoms with Crippen LogP contribution in [0.4, 0.5) is 9.39 Å². The SMILES string of the molecule is COC(=O)c1c(NC(=O)c2cccc3ccccc23)sc(C)c1-c1ccc(F)cc1. The molecule has 6 heteroatoms. The van der Waals surface area contributed by atoms with Crippen LogP contribution in [0, 0.1) is 12.7 Å². The van der Waals surface area contributed by atoms with E-state index in [0.29, 0.717) is 21.7 Å². The highest BCUT2D eigenvalue weighted by atomic mass is 32.1. The Morgan fingerprint density at radius 2 is 1.67 bits per heavy atom. The van der Waals surface area contributed by atoms with Gasteiger partial charge in [0, 0.05) is 16.0 Å². The molecule has 3 aromatic carbocycles. The highest BCUT2D eigenvalue weighted by Crippen LogP contribution is 2.40. The van der Waals surface area contributed by atoms with Crippen LogP contribution in [0.3, 0.4) is 0 Å². The lowest BCUT2D eigenvalue weighted by Gasteiger charge is -2.10. The topological polar surface area (TPSA) is 55.4 Å². The zero-order chi connectivity index (χ0) is 21.3. The summed E-state index contributed by atoms with van der Waals surface area (Å²) in [5, 5.41) is 5.06. The first-order valence-corrected chi connectivity index (χ1v) is 10.1. The number of rotatable bonds is 4. The third kappa shape index (κ3) is 3.57. The summed E-state index contributed by atoms with van der Waals surface area (Å²) in [7, 11) is 1.29. The number of amides is 1. The number of ether oxygens (including phenoxy) is 1. The Bertz CT molecular complexity index is 1260. The maximum atomic E-state index is 13.4. The fraction of sp³-hybridized carbons (Fsp3) is 0.0833. The molecule has 0 aliphatic heterocycles. The van der Waals surface area contributed by atoms with Crippen LogP contribution in [0.5, 0.6) is 0 Å². The summed E-state index contributed by atoms with van der Waals surface area (Å²) < 4.78 is 18.4. The maximum Gasteiger partial charge on any atom is 0.341 e. The van der Waals surface area contributed by atoms with E-state index in [1.54, 1.807) is 18.2 Å². The first-order valence-electron chi connectivity index (χ1n) is 9.26. The van der Waals surface area contributed by atoms with Gasteiger partial charge in [0.2, 0.25) is 0 Å². The fourth-order valence-corrected chi connectivity index (χ4v) is 4.55. The van der Waals surface area contributed by atoms with Crippen molar-refractivity contribution in [1.29, 1.82) is 0 Å². The maximum absolute atomic E-state index is 13.4. The minimum Gasteiger partial charge on any atom is -0.465 e. The van der Waals surface area contributed by atoms with Crippen LogP contribution >= 0.6 is 11.3 Å². The lowest BCUT2D eigenvalue weighted by Crippen LogP contribution is -2.14. The second-order valence-corrected chi connectivity index (χ2v) is 7.94. The number of hydrogen-bond acceptors (Lipinski definition) is 4. The number of benzene rings is 3. The van der Waals surface area contributed by atoms with Crippen molar-refractivity contribution in [3.05, 3.63) is 88.6 Å². The van der Waals surface area contributed by atoms with Crippen molar-refractivity contribution in [3.63, 3.8) is 0 Å². The van der Waals surface area contributed by atoms with Gasteiger partial charge in [0.05, 0.1) is 7.11 Å². The standard InChI is InChI=1S/C24H18FNO3S/c1-14-20(16-10-12-17(25)13-11-16)21(24(28)29-2)23(30-14)26-22(27)19-9-5-7-15-6-3-4-8-18(15)19/h3-13H,1-2H3,(H,26,27). The van der Waals surface area contributed by atoms with E-state index in [-0.39, 0.29) is 17.3 Å². The number of fused-ring (bicyclic) bond motifs is 1. The van der Waals surface area contributed by atoms with Gasteiger partial charge in [-0.05, 0) is 41.5 Å². The van der Waals surface area contributed by atoms with E-state index in [0.717, 1.165) is 15.6 Å². The first kappa shape index (κ1) is 19.8. The van der Waals surface area contributed by atoms with Gasteiger partial charge < -0.3 is 10.1 Å². The molecular weight excluding hydrogens is 401 g/mol. The zero-order valence-corrected chi connectivity index (χ0v) is 17.2. The van der Waals surface area contributed by atoms with Crippen LogP contribution in [-0.4, -0.2) is 19.0 Å². The van der Waals surface area contributed by atoms with E-state index in [1.165, 1.54) is 30.6 Å². The summed E-state index contributed by atoms with van der Waals surface area (Å²) in [6.45, 7) is 1.85. The molecule has 0 fully saturated rings. The molecule has 0 bridgehead atoms. The highest BCUT2D eigenvalue weighted by molar-refractivity contribution is 7.17. The number of hydrogen-bond donors (Lipinski definition) is 1. The molecule has 1 amide bonds.